The highest BCUT2D eigenvalue weighted by molar-refractivity contribution is 6.32. The van der Waals surface area contributed by atoms with Gasteiger partial charge in [-0.1, -0.05) is 12.1 Å². The van der Waals surface area contributed by atoms with Gasteiger partial charge >= 0.3 is 11.9 Å². The molecule has 0 aliphatic heterocycles. The van der Waals surface area contributed by atoms with Crippen molar-refractivity contribution in [1.82, 2.24) is 15.3 Å². The molecule has 100 valence electrons. The summed E-state index contributed by atoms with van der Waals surface area (Å²) in [5.74, 6) is -1.06. The van der Waals surface area contributed by atoms with Gasteiger partial charge in [0.25, 0.3) is 0 Å². The smallest absolute Gasteiger partial charge is 0.396 e. The SMILES string of the molecule is CCOC(=O)C(=O)NC(C)c1nc2ccccc2[nH]1. The molecule has 0 aliphatic rings. The number of hydrogen-bond donors (Lipinski definition) is 2. The zero-order valence-electron chi connectivity index (χ0n) is 10.8. The van der Waals surface area contributed by atoms with Crippen molar-refractivity contribution in [3.8, 4) is 0 Å². The van der Waals surface area contributed by atoms with Gasteiger partial charge in [-0.3, -0.25) is 4.79 Å². The highest BCUT2D eigenvalue weighted by atomic mass is 16.5. The highest BCUT2D eigenvalue weighted by Gasteiger charge is 2.19. The molecule has 2 aromatic rings. The van der Waals surface area contributed by atoms with Crippen LogP contribution in [0.4, 0.5) is 0 Å². The molecule has 6 heteroatoms. The van der Waals surface area contributed by atoms with Gasteiger partial charge < -0.3 is 15.0 Å². The molecule has 1 heterocycles. The second-order valence-corrected chi connectivity index (χ2v) is 4.05. The first-order chi connectivity index (χ1) is 9.11. The lowest BCUT2D eigenvalue weighted by Crippen LogP contribution is -2.34. The summed E-state index contributed by atoms with van der Waals surface area (Å²) in [6.45, 7) is 3.56. The third kappa shape index (κ3) is 2.90. The molecule has 0 saturated heterocycles. The van der Waals surface area contributed by atoms with Crippen LogP contribution in [0.2, 0.25) is 0 Å². The first-order valence-electron chi connectivity index (χ1n) is 6.04. The van der Waals surface area contributed by atoms with Crippen molar-refractivity contribution in [2.75, 3.05) is 6.61 Å². The number of benzene rings is 1. The zero-order chi connectivity index (χ0) is 13.8. The number of nitrogens with zero attached hydrogens (tertiary/aromatic N) is 1. The van der Waals surface area contributed by atoms with Crippen LogP contribution in [0.15, 0.2) is 24.3 Å². The molecule has 0 bridgehead atoms. The minimum Gasteiger partial charge on any atom is -0.459 e. The van der Waals surface area contributed by atoms with Crippen molar-refractivity contribution in [3.05, 3.63) is 30.1 Å². The summed E-state index contributed by atoms with van der Waals surface area (Å²) < 4.78 is 4.62. The average molecular weight is 261 g/mol. The number of para-hydroxylation sites is 2. The Kier molecular flexibility index (Phi) is 3.79. The molecule has 0 saturated carbocycles. The van der Waals surface area contributed by atoms with Crippen molar-refractivity contribution in [1.29, 1.82) is 0 Å². The van der Waals surface area contributed by atoms with Crippen LogP contribution in [0.1, 0.15) is 25.7 Å². The van der Waals surface area contributed by atoms with Gasteiger partial charge in [-0.15, -0.1) is 0 Å². The maximum Gasteiger partial charge on any atom is 0.396 e. The summed E-state index contributed by atoms with van der Waals surface area (Å²) in [6, 6.07) is 7.14. The number of nitrogens with one attached hydrogen (secondary N) is 2. The van der Waals surface area contributed by atoms with Gasteiger partial charge in [0, 0.05) is 0 Å². The number of aromatic nitrogens is 2. The number of ether oxygens (including phenoxy) is 1. The summed E-state index contributed by atoms with van der Waals surface area (Å²) >= 11 is 0. The minimum absolute atomic E-state index is 0.172. The van der Waals surface area contributed by atoms with Crippen LogP contribution in [-0.4, -0.2) is 28.5 Å². The number of hydrogen-bond acceptors (Lipinski definition) is 4. The fraction of sp³-hybridized carbons (Fsp3) is 0.308. The second kappa shape index (κ2) is 5.51. The number of imidazole rings is 1. The van der Waals surface area contributed by atoms with E-state index < -0.39 is 17.9 Å². The second-order valence-electron chi connectivity index (χ2n) is 4.05. The van der Waals surface area contributed by atoms with Crippen LogP contribution < -0.4 is 5.32 Å². The van der Waals surface area contributed by atoms with E-state index in [1.807, 2.05) is 24.3 Å². The maximum absolute atomic E-state index is 11.5. The number of esters is 1. The van der Waals surface area contributed by atoms with Crippen LogP contribution in [0.3, 0.4) is 0 Å². The van der Waals surface area contributed by atoms with Crippen molar-refractivity contribution in [2.24, 2.45) is 0 Å². The van der Waals surface area contributed by atoms with E-state index in [-0.39, 0.29) is 6.61 Å². The average Bonchev–Trinajstić information content (AvgIpc) is 2.82. The number of aromatic amines is 1. The number of carbonyl (C=O) groups excluding carboxylic acids is 2. The molecule has 1 amide bonds. The van der Waals surface area contributed by atoms with E-state index in [4.69, 9.17) is 0 Å². The standard InChI is InChI=1S/C13H15N3O3/c1-3-19-13(18)12(17)14-8(2)11-15-9-6-4-5-7-10(9)16-11/h4-8H,3H2,1-2H3,(H,14,17)(H,15,16). The third-order valence-corrected chi connectivity index (χ3v) is 2.63. The van der Waals surface area contributed by atoms with E-state index in [0.717, 1.165) is 11.0 Å². The number of amides is 1. The molecular formula is C13H15N3O3. The maximum atomic E-state index is 11.5. The molecule has 1 aromatic heterocycles. The van der Waals surface area contributed by atoms with Crippen molar-refractivity contribution in [3.63, 3.8) is 0 Å². The van der Waals surface area contributed by atoms with Gasteiger partial charge in [-0.25, -0.2) is 9.78 Å². The fourth-order valence-electron chi connectivity index (χ4n) is 1.70. The summed E-state index contributed by atoms with van der Waals surface area (Å²) in [4.78, 5) is 30.2. The molecule has 1 unspecified atom stereocenters. The molecule has 1 aromatic carbocycles. The summed E-state index contributed by atoms with van der Waals surface area (Å²) in [6.07, 6.45) is 0. The van der Waals surface area contributed by atoms with Crippen molar-refractivity contribution >= 4 is 22.9 Å². The number of H-pyrrole nitrogens is 1. The van der Waals surface area contributed by atoms with Crippen LogP contribution in [0.5, 0.6) is 0 Å². The van der Waals surface area contributed by atoms with Gasteiger partial charge in [-0.2, -0.15) is 0 Å². The van der Waals surface area contributed by atoms with Gasteiger partial charge in [0.2, 0.25) is 0 Å². The van der Waals surface area contributed by atoms with Crippen LogP contribution >= 0.6 is 0 Å². The molecule has 0 aliphatic carbocycles. The lowest BCUT2D eigenvalue weighted by Gasteiger charge is -2.10. The van der Waals surface area contributed by atoms with Crippen LogP contribution in [0, 0.1) is 0 Å². The number of rotatable bonds is 3. The van der Waals surface area contributed by atoms with E-state index in [2.05, 4.69) is 20.0 Å². The largest absolute Gasteiger partial charge is 0.459 e. The molecule has 0 fully saturated rings. The number of fused-ring (bicyclic) bond motifs is 1. The summed E-state index contributed by atoms with van der Waals surface area (Å²) in [5, 5.41) is 2.53. The van der Waals surface area contributed by atoms with E-state index in [0.29, 0.717) is 5.82 Å². The zero-order valence-corrected chi connectivity index (χ0v) is 10.8. The topological polar surface area (TPSA) is 84.1 Å². The van der Waals surface area contributed by atoms with Gasteiger partial charge in [0.15, 0.2) is 0 Å². The first kappa shape index (κ1) is 13.1. The highest BCUT2D eigenvalue weighted by Crippen LogP contribution is 2.15. The van der Waals surface area contributed by atoms with Crippen LogP contribution in [-0.2, 0) is 14.3 Å². The number of carbonyl (C=O) groups is 2. The van der Waals surface area contributed by atoms with Gasteiger partial charge in [0.1, 0.15) is 5.82 Å². The molecule has 19 heavy (non-hydrogen) atoms. The van der Waals surface area contributed by atoms with Crippen molar-refractivity contribution in [2.45, 2.75) is 19.9 Å². The Hall–Kier alpha value is -2.37. The Bertz CT molecular complexity index is 573. The predicted molar refractivity (Wildman–Crippen MR) is 69.3 cm³/mol. The molecular weight excluding hydrogens is 246 g/mol. The van der Waals surface area contributed by atoms with E-state index in [1.165, 1.54) is 0 Å². The molecule has 1 atom stereocenters. The van der Waals surface area contributed by atoms with Gasteiger partial charge in [0.05, 0.1) is 23.7 Å². The molecule has 6 nitrogen and oxygen atoms in total. The normalized spacial score (nSPS) is 12.1. The quantitative estimate of drug-likeness (QED) is 0.644. The molecule has 2 rings (SSSR count). The Morgan fingerprint density at radius 3 is 2.84 bits per heavy atom. The van der Waals surface area contributed by atoms with Crippen molar-refractivity contribution < 1.29 is 14.3 Å². The lowest BCUT2D eigenvalue weighted by atomic mass is 10.3. The Morgan fingerprint density at radius 1 is 1.42 bits per heavy atom. The van der Waals surface area contributed by atoms with Gasteiger partial charge in [-0.05, 0) is 26.0 Å². The van der Waals surface area contributed by atoms with E-state index >= 15 is 0 Å². The molecule has 0 radical (unpaired) electrons. The Balaban J connectivity index is 2.09. The minimum atomic E-state index is -0.884. The molecule has 2 N–H and O–H groups in total. The predicted octanol–water partition coefficient (Wildman–Crippen LogP) is 1.30. The Labute approximate surface area is 110 Å². The first-order valence-corrected chi connectivity index (χ1v) is 6.04. The van der Waals surface area contributed by atoms with E-state index in [1.54, 1.807) is 13.8 Å². The van der Waals surface area contributed by atoms with E-state index in [9.17, 15) is 9.59 Å². The monoisotopic (exact) mass is 261 g/mol. The fourth-order valence-corrected chi connectivity index (χ4v) is 1.70. The Morgan fingerprint density at radius 2 is 2.16 bits per heavy atom. The summed E-state index contributed by atoms with van der Waals surface area (Å²) in [7, 11) is 0. The van der Waals surface area contributed by atoms with Crippen LogP contribution in [0.25, 0.3) is 11.0 Å². The molecule has 0 spiro atoms. The lowest BCUT2D eigenvalue weighted by molar-refractivity contribution is -0.154. The summed E-state index contributed by atoms with van der Waals surface area (Å²) in [5.41, 5.74) is 1.70. The third-order valence-electron chi connectivity index (χ3n) is 2.63.